The highest BCUT2D eigenvalue weighted by Gasteiger charge is 2.32. The Morgan fingerprint density at radius 3 is 2.48 bits per heavy atom. The molecule has 168 valence electrons. The third-order valence-electron chi connectivity index (χ3n) is 6.73. The maximum absolute atomic E-state index is 12.7. The lowest BCUT2D eigenvalue weighted by Gasteiger charge is -2.38. The first-order valence-electron chi connectivity index (χ1n) is 11.2. The molecule has 4 aromatic rings. The van der Waals surface area contributed by atoms with Crippen LogP contribution in [0.25, 0.3) is 27.9 Å². The Kier molecular flexibility index (Phi) is 5.11. The van der Waals surface area contributed by atoms with E-state index in [0.717, 1.165) is 41.7 Å². The van der Waals surface area contributed by atoms with Gasteiger partial charge in [-0.2, -0.15) is 0 Å². The van der Waals surface area contributed by atoms with E-state index in [4.69, 9.17) is 28.2 Å². The number of benzene rings is 2. The van der Waals surface area contributed by atoms with Gasteiger partial charge in [-0.15, -0.1) is 10.2 Å². The van der Waals surface area contributed by atoms with Crippen molar-refractivity contribution in [2.24, 2.45) is 5.92 Å². The molecule has 2 aliphatic rings. The van der Waals surface area contributed by atoms with Gasteiger partial charge in [0, 0.05) is 48.1 Å². The lowest BCUT2D eigenvalue weighted by Crippen LogP contribution is -2.51. The molecule has 0 spiro atoms. The van der Waals surface area contributed by atoms with Gasteiger partial charge < -0.3 is 9.80 Å². The average molecular weight is 481 g/mol. The number of nitrogens with zero attached hydrogens (tertiary/aromatic N) is 6. The summed E-state index contributed by atoms with van der Waals surface area (Å²) >= 11 is 12.8. The highest BCUT2D eigenvalue weighted by molar-refractivity contribution is 6.33. The van der Waals surface area contributed by atoms with Gasteiger partial charge in [-0.05, 0) is 43.2 Å². The molecule has 3 heterocycles. The second-order valence-electron chi connectivity index (χ2n) is 8.68. The summed E-state index contributed by atoms with van der Waals surface area (Å²) in [6.45, 7) is 2.73. The van der Waals surface area contributed by atoms with E-state index in [-0.39, 0.29) is 5.92 Å². The normalized spacial score (nSPS) is 17.0. The number of anilines is 1. The van der Waals surface area contributed by atoms with Gasteiger partial charge >= 0.3 is 0 Å². The van der Waals surface area contributed by atoms with Crippen LogP contribution in [0.15, 0.2) is 42.5 Å². The highest BCUT2D eigenvalue weighted by Crippen LogP contribution is 2.33. The smallest absolute Gasteiger partial charge is 0.225 e. The van der Waals surface area contributed by atoms with Crippen LogP contribution in [0.2, 0.25) is 10.0 Å². The molecule has 1 aliphatic carbocycles. The van der Waals surface area contributed by atoms with E-state index in [2.05, 4.69) is 15.1 Å². The number of halogens is 2. The first-order chi connectivity index (χ1) is 16.1. The molecule has 9 heteroatoms. The Morgan fingerprint density at radius 1 is 0.970 bits per heavy atom. The van der Waals surface area contributed by atoms with Crippen LogP contribution in [0.4, 0.5) is 5.95 Å². The summed E-state index contributed by atoms with van der Waals surface area (Å²) < 4.78 is 1.97. The van der Waals surface area contributed by atoms with Gasteiger partial charge in [-0.1, -0.05) is 41.8 Å². The van der Waals surface area contributed by atoms with Crippen molar-refractivity contribution in [1.82, 2.24) is 24.5 Å². The van der Waals surface area contributed by atoms with E-state index < -0.39 is 0 Å². The van der Waals surface area contributed by atoms with E-state index in [1.54, 1.807) is 0 Å². The minimum Gasteiger partial charge on any atom is -0.339 e. The van der Waals surface area contributed by atoms with Crippen molar-refractivity contribution in [3.05, 3.63) is 52.5 Å². The summed E-state index contributed by atoms with van der Waals surface area (Å²) in [5, 5.41) is 11.1. The number of carbonyl (C=O) groups excluding carboxylic acids is 1. The molecule has 2 aromatic carbocycles. The Bertz CT molecular complexity index is 1370. The van der Waals surface area contributed by atoms with Crippen molar-refractivity contribution >= 4 is 51.6 Å². The molecular weight excluding hydrogens is 459 g/mol. The molecule has 0 radical (unpaired) electrons. The van der Waals surface area contributed by atoms with E-state index >= 15 is 0 Å². The number of aromatic nitrogens is 4. The molecule has 1 saturated carbocycles. The van der Waals surface area contributed by atoms with Crippen LogP contribution in [-0.4, -0.2) is 56.6 Å². The van der Waals surface area contributed by atoms with E-state index in [1.165, 1.54) is 0 Å². The second kappa shape index (κ2) is 8.15. The number of rotatable bonds is 3. The number of amides is 1. The standard InChI is InChI=1S/C24H22Cl2N6O/c25-16-8-9-18-20(14-16)27-24(31-12-10-30(11-13-31)23(33)15-4-3-5-15)32-21(28-29-22(18)32)17-6-1-2-7-19(17)26/h1-2,6-9,14-15H,3-5,10-13H2. The van der Waals surface area contributed by atoms with E-state index in [9.17, 15) is 4.79 Å². The monoisotopic (exact) mass is 480 g/mol. The van der Waals surface area contributed by atoms with Crippen molar-refractivity contribution in [3.63, 3.8) is 0 Å². The molecule has 1 saturated heterocycles. The minimum absolute atomic E-state index is 0.217. The maximum Gasteiger partial charge on any atom is 0.225 e. The van der Waals surface area contributed by atoms with Crippen LogP contribution in [-0.2, 0) is 4.79 Å². The summed E-state index contributed by atoms with van der Waals surface area (Å²) in [7, 11) is 0. The molecule has 0 N–H and O–H groups in total. The van der Waals surface area contributed by atoms with Crippen molar-refractivity contribution < 1.29 is 4.79 Å². The second-order valence-corrected chi connectivity index (χ2v) is 9.52. The molecule has 0 atom stereocenters. The predicted octanol–water partition coefficient (Wildman–Crippen LogP) is 4.70. The SMILES string of the molecule is O=C(C1CCC1)N1CCN(c2nc3cc(Cl)ccc3c3nnc(-c4ccccc4Cl)n23)CC1. The van der Waals surface area contributed by atoms with Gasteiger partial charge in [-0.25, -0.2) is 9.38 Å². The molecule has 2 aromatic heterocycles. The lowest BCUT2D eigenvalue weighted by molar-refractivity contribution is -0.138. The topological polar surface area (TPSA) is 66.6 Å². The fourth-order valence-electron chi connectivity index (χ4n) is 4.66. The Labute approximate surface area is 200 Å². The third-order valence-corrected chi connectivity index (χ3v) is 7.29. The van der Waals surface area contributed by atoms with Crippen LogP contribution < -0.4 is 4.90 Å². The van der Waals surface area contributed by atoms with Gasteiger partial charge in [0.05, 0.1) is 10.5 Å². The zero-order valence-electron chi connectivity index (χ0n) is 17.9. The molecule has 33 heavy (non-hydrogen) atoms. The fraction of sp³-hybridized carbons (Fsp3) is 0.333. The zero-order valence-corrected chi connectivity index (χ0v) is 19.4. The molecule has 6 rings (SSSR count). The first kappa shape index (κ1) is 20.7. The van der Waals surface area contributed by atoms with Crippen molar-refractivity contribution in [3.8, 4) is 11.4 Å². The summed E-state index contributed by atoms with van der Waals surface area (Å²) in [6.07, 6.45) is 3.21. The zero-order chi connectivity index (χ0) is 22.5. The molecule has 0 bridgehead atoms. The average Bonchev–Trinajstić information content (AvgIpc) is 3.22. The summed E-state index contributed by atoms with van der Waals surface area (Å²) in [4.78, 5) is 21.9. The first-order valence-corrected chi connectivity index (χ1v) is 12.0. The highest BCUT2D eigenvalue weighted by atomic mass is 35.5. The number of hydrogen-bond acceptors (Lipinski definition) is 5. The number of carbonyl (C=O) groups is 1. The molecule has 2 fully saturated rings. The van der Waals surface area contributed by atoms with Crippen LogP contribution in [0, 0.1) is 5.92 Å². The lowest BCUT2D eigenvalue weighted by atomic mass is 9.84. The molecule has 7 nitrogen and oxygen atoms in total. The largest absolute Gasteiger partial charge is 0.339 e. The Morgan fingerprint density at radius 2 is 1.76 bits per heavy atom. The van der Waals surface area contributed by atoms with Crippen molar-refractivity contribution in [2.45, 2.75) is 19.3 Å². The van der Waals surface area contributed by atoms with E-state index in [0.29, 0.717) is 53.6 Å². The minimum atomic E-state index is 0.217. The maximum atomic E-state index is 12.7. The van der Waals surface area contributed by atoms with Crippen LogP contribution in [0.3, 0.4) is 0 Å². The predicted molar refractivity (Wildman–Crippen MR) is 130 cm³/mol. The number of hydrogen-bond donors (Lipinski definition) is 0. The quantitative estimate of drug-likeness (QED) is 0.425. The molecule has 1 amide bonds. The van der Waals surface area contributed by atoms with Gasteiger partial charge in [-0.3, -0.25) is 4.79 Å². The van der Waals surface area contributed by atoms with E-state index in [1.807, 2.05) is 51.8 Å². The Hall–Kier alpha value is -2.90. The van der Waals surface area contributed by atoms with Gasteiger partial charge in [0.25, 0.3) is 0 Å². The van der Waals surface area contributed by atoms with Crippen LogP contribution >= 0.6 is 23.2 Å². The van der Waals surface area contributed by atoms with Gasteiger partial charge in [0.1, 0.15) is 0 Å². The van der Waals surface area contributed by atoms with Gasteiger partial charge in [0.2, 0.25) is 11.9 Å². The molecule has 0 unspecified atom stereocenters. The Balaban J connectivity index is 1.45. The number of piperazine rings is 1. The molecule has 1 aliphatic heterocycles. The third kappa shape index (κ3) is 3.50. The summed E-state index contributed by atoms with van der Waals surface area (Å²) in [5.41, 5.74) is 2.26. The van der Waals surface area contributed by atoms with Gasteiger partial charge in [0.15, 0.2) is 11.5 Å². The van der Waals surface area contributed by atoms with Crippen LogP contribution in [0.1, 0.15) is 19.3 Å². The van der Waals surface area contributed by atoms with Crippen molar-refractivity contribution in [1.29, 1.82) is 0 Å². The number of fused-ring (bicyclic) bond motifs is 3. The fourth-order valence-corrected chi connectivity index (χ4v) is 5.05. The summed E-state index contributed by atoms with van der Waals surface area (Å²) in [5.74, 6) is 1.89. The van der Waals surface area contributed by atoms with Crippen molar-refractivity contribution in [2.75, 3.05) is 31.1 Å². The van der Waals surface area contributed by atoms with Crippen LogP contribution in [0.5, 0.6) is 0 Å². The summed E-state index contributed by atoms with van der Waals surface area (Å²) in [6, 6.07) is 13.2. The molecular formula is C24H22Cl2N6O.